The molecule has 1 aromatic rings. The van der Waals surface area contributed by atoms with Crippen LogP contribution >= 0.6 is 23.1 Å². The fourth-order valence-corrected chi connectivity index (χ4v) is 3.10. The van der Waals surface area contributed by atoms with Gasteiger partial charge in [-0.1, -0.05) is 11.8 Å². The summed E-state index contributed by atoms with van der Waals surface area (Å²) in [6, 6.07) is 4.26. The minimum absolute atomic E-state index is 0.0923. The number of nitrogens with two attached hydrogens (primary N) is 1. The SMILES string of the molecule is CC(C)NC(=O)CSCc1ccc(C#CCN)s1. The zero-order chi connectivity index (χ0) is 13.4. The van der Waals surface area contributed by atoms with Gasteiger partial charge in [0.1, 0.15) is 0 Å². The van der Waals surface area contributed by atoms with E-state index in [0.717, 1.165) is 10.6 Å². The van der Waals surface area contributed by atoms with Gasteiger partial charge in [0.15, 0.2) is 0 Å². The van der Waals surface area contributed by atoms with E-state index in [2.05, 4.69) is 23.2 Å². The van der Waals surface area contributed by atoms with Crippen molar-refractivity contribution in [3.63, 3.8) is 0 Å². The number of thioether (sulfide) groups is 1. The highest BCUT2D eigenvalue weighted by atomic mass is 32.2. The van der Waals surface area contributed by atoms with Crippen molar-refractivity contribution < 1.29 is 4.79 Å². The lowest BCUT2D eigenvalue weighted by molar-refractivity contribution is -0.119. The first-order chi connectivity index (χ1) is 8.61. The van der Waals surface area contributed by atoms with Gasteiger partial charge in [-0.05, 0) is 26.0 Å². The average molecular weight is 282 g/mol. The predicted octanol–water partition coefficient (Wildman–Crippen LogP) is 1.82. The molecule has 1 rings (SSSR count). The second-order valence-corrected chi connectivity index (χ2v) is 6.14. The number of thiophene rings is 1. The highest BCUT2D eigenvalue weighted by molar-refractivity contribution is 7.99. The normalized spacial score (nSPS) is 10.0. The van der Waals surface area contributed by atoms with Crippen LogP contribution in [0.15, 0.2) is 12.1 Å². The second-order valence-electron chi connectivity index (χ2n) is 3.99. The number of amides is 1. The fourth-order valence-electron chi connectivity index (χ4n) is 1.27. The molecule has 1 heterocycles. The first-order valence-corrected chi connectivity index (χ1v) is 7.73. The van der Waals surface area contributed by atoms with Crippen LogP contribution < -0.4 is 11.1 Å². The number of carbonyl (C=O) groups excluding carboxylic acids is 1. The van der Waals surface area contributed by atoms with Crippen LogP contribution in [0, 0.1) is 11.8 Å². The molecule has 3 N–H and O–H groups in total. The van der Waals surface area contributed by atoms with Gasteiger partial charge in [0.25, 0.3) is 0 Å². The molecule has 0 spiro atoms. The number of hydrogen-bond donors (Lipinski definition) is 2. The van der Waals surface area contributed by atoms with Crippen molar-refractivity contribution in [1.82, 2.24) is 5.32 Å². The van der Waals surface area contributed by atoms with E-state index in [0.29, 0.717) is 12.3 Å². The quantitative estimate of drug-likeness (QED) is 0.810. The molecule has 3 nitrogen and oxygen atoms in total. The largest absolute Gasteiger partial charge is 0.353 e. The Labute approximate surface area is 117 Å². The van der Waals surface area contributed by atoms with Crippen molar-refractivity contribution >= 4 is 29.0 Å². The van der Waals surface area contributed by atoms with Crippen molar-refractivity contribution in [3.8, 4) is 11.8 Å². The molecule has 0 aliphatic rings. The van der Waals surface area contributed by atoms with Crippen LogP contribution in [-0.2, 0) is 10.5 Å². The Hall–Kier alpha value is -0.960. The van der Waals surface area contributed by atoms with Crippen molar-refractivity contribution in [1.29, 1.82) is 0 Å². The number of carbonyl (C=O) groups is 1. The Bertz CT molecular complexity index is 443. The third-order valence-electron chi connectivity index (χ3n) is 1.90. The van der Waals surface area contributed by atoms with Crippen LogP contribution in [0.4, 0.5) is 0 Å². The molecule has 0 aliphatic carbocycles. The van der Waals surface area contributed by atoms with Gasteiger partial charge in [-0.3, -0.25) is 4.79 Å². The van der Waals surface area contributed by atoms with Crippen molar-refractivity contribution in [2.24, 2.45) is 5.73 Å². The van der Waals surface area contributed by atoms with E-state index in [1.54, 1.807) is 23.1 Å². The van der Waals surface area contributed by atoms with Crippen molar-refractivity contribution in [2.75, 3.05) is 12.3 Å². The molecule has 0 unspecified atom stereocenters. The standard InChI is InChI=1S/C13H18N2OS2/c1-10(2)15-13(16)9-17-8-12-6-5-11(18-12)4-3-7-14/h5-6,10H,7-9,14H2,1-2H3,(H,15,16). The zero-order valence-electron chi connectivity index (χ0n) is 10.7. The van der Waals surface area contributed by atoms with Crippen LogP contribution in [0.2, 0.25) is 0 Å². The predicted molar refractivity (Wildman–Crippen MR) is 79.7 cm³/mol. The van der Waals surface area contributed by atoms with Gasteiger partial charge in [0, 0.05) is 16.7 Å². The van der Waals surface area contributed by atoms with Gasteiger partial charge < -0.3 is 11.1 Å². The summed E-state index contributed by atoms with van der Waals surface area (Å²) in [5.74, 6) is 7.28. The first kappa shape index (κ1) is 15.1. The minimum atomic E-state index is 0.0923. The molecule has 18 heavy (non-hydrogen) atoms. The molecule has 0 saturated carbocycles. The van der Waals surface area contributed by atoms with E-state index in [-0.39, 0.29) is 11.9 Å². The van der Waals surface area contributed by atoms with Crippen LogP contribution in [0.5, 0.6) is 0 Å². The van der Waals surface area contributed by atoms with Crippen LogP contribution in [0.3, 0.4) is 0 Å². The van der Waals surface area contributed by atoms with Gasteiger partial charge in [-0.2, -0.15) is 0 Å². The van der Waals surface area contributed by atoms with Gasteiger partial charge in [-0.25, -0.2) is 0 Å². The van der Waals surface area contributed by atoms with E-state index in [9.17, 15) is 4.79 Å². The van der Waals surface area contributed by atoms with E-state index in [1.165, 1.54) is 4.88 Å². The maximum Gasteiger partial charge on any atom is 0.230 e. The minimum Gasteiger partial charge on any atom is -0.353 e. The maximum atomic E-state index is 11.4. The smallest absolute Gasteiger partial charge is 0.230 e. The lowest BCUT2D eigenvalue weighted by Gasteiger charge is -2.07. The van der Waals surface area contributed by atoms with Crippen molar-refractivity contribution in [3.05, 3.63) is 21.9 Å². The maximum absolute atomic E-state index is 11.4. The molecule has 5 heteroatoms. The second kappa shape index (κ2) is 8.20. The summed E-state index contributed by atoms with van der Waals surface area (Å²) in [5, 5.41) is 2.87. The zero-order valence-corrected chi connectivity index (χ0v) is 12.3. The third kappa shape index (κ3) is 6.10. The average Bonchev–Trinajstić information content (AvgIpc) is 2.73. The van der Waals surface area contributed by atoms with E-state index in [4.69, 9.17) is 5.73 Å². The molecule has 0 saturated heterocycles. The fraction of sp³-hybridized carbons (Fsp3) is 0.462. The Balaban J connectivity index is 2.31. The van der Waals surface area contributed by atoms with Gasteiger partial charge in [-0.15, -0.1) is 23.1 Å². The molecular formula is C13H18N2OS2. The number of rotatable bonds is 5. The monoisotopic (exact) mass is 282 g/mol. The van der Waals surface area contributed by atoms with Gasteiger partial charge >= 0.3 is 0 Å². The lowest BCUT2D eigenvalue weighted by Crippen LogP contribution is -2.31. The number of nitrogens with one attached hydrogen (secondary N) is 1. The molecule has 98 valence electrons. The lowest BCUT2D eigenvalue weighted by atomic mass is 10.4. The Morgan fingerprint density at radius 1 is 1.56 bits per heavy atom. The van der Waals surface area contributed by atoms with Crippen LogP contribution in [0.1, 0.15) is 23.6 Å². The highest BCUT2D eigenvalue weighted by Gasteiger charge is 2.04. The summed E-state index contributed by atoms with van der Waals surface area (Å²) in [7, 11) is 0. The Morgan fingerprint density at radius 2 is 2.33 bits per heavy atom. The molecule has 0 aliphatic heterocycles. The summed E-state index contributed by atoms with van der Waals surface area (Å²) in [6.45, 7) is 4.31. The Kier molecular flexibility index (Phi) is 6.88. The van der Waals surface area contributed by atoms with Gasteiger partial charge in [0.05, 0.1) is 17.2 Å². The summed E-state index contributed by atoms with van der Waals surface area (Å²) in [6.07, 6.45) is 0. The summed E-state index contributed by atoms with van der Waals surface area (Å²) in [5.41, 5.74) is 5.32. The molecule has 0 fully saturated rings. The van der Waals surface area contributed by atoms with Crippen molar-refractivity contribution in [2.45, 2.75) is 25.6 Å². The molecule has 0 aromatic carbocycles. The van der Waals surface area contributed by atoms with Crippen LogP contribution in [-0.4, -0.2) is 24.2 Å². The molecular weight excluding hydrogens is 264 g/mol. The molecule has 1 aromatic heterocycles. The molecule has 0 radical (unpaired) electrons. The topological polar surface area (TPSA) is 55.1 Å². The molecule has 0 bridgehead atoms. The summed E-state index contributed by atoms with van der Waals surface area (Å²) in [4.78, 5) is 13.7. The van der Waals surface area contributed by atoms with Gasteiger partial charge in [0.2, 0.25) is 5.91 Å². The van der Waals surface area contributed by atoms with E-state index < -0.39 is 0 Å². The Morgan fingerprint density at radius 3 is 3.00 bits per heavy atom. The van der Waals surface area contributed by atoms with E-state index in [1.807, 2.05) is 19.9 Å². The highest BCUT2D eigenvalue weighted by Crippen LogP contribution is 2.20. The number of hydrogen-bond acceptors (Lipinski definition) is 4. The molecule has 1 amide bonds. The molecule has 0 atom stereocenters. The summed E-state index contributed by atoms with van der Waals surface area (Å²) >= 11 is 3.28. The first-order valence-electron chi connectivity index (χ1n) is 5.76. The third-order valence-corrected chi connectivity index (χ3v) is 4.07. The van der Waals surface area contributed by atoms with Crippen LogP contribution in [0.25, 0.3) is 0 Å². The summed E-state index contributed by atoms with van der Waals surface area (Å²) < 4.78 is 0. The van der Waals surface area contributed by atoms with E-state index >= 15 is 0 Å².